The molecule has 21 heavy (non-hydrogen) atoms. The van der Waals surface area contributed by atoms with Gasteiger partial charge in [-0.2, -0.15) is 0 Å². The molecule has 5 nitrogen and oxygen atoms in total. The van der Waals surface area contributed by atoms with Gasteiger partial charge in [0.05, 0.1) is 5.25 Å². The Morgan fingerprint density at radius 1 is 1.38 bits per heavy atom. The Bertz CT molecular complexity index is 607. The second kappa shape index (κ2) is 6.58. The molecule has 0 aliphatic heterocycles. The number of hydrogen-bond donors (Lipinski definition) is 2. The molecule has 1 unspecified atom stereocenters. The van der Waals surface area contributed by atoms with Gasteiger partial charge in [0.25, 0.3) is 0 Å². The molecule has 0 aromatic heterocycles. The Labute approximate surface area is 125 Å². The van der Waals surface area contributed by atoms with Crippen LogP contribution in [0.3, 0.4) is 0 Å². The van der Waals surface area contributed by atoms with E-state index in [0.717, 1.165) is 18.4 Å². The van der Waals surface area contributed by atoms with Gasteiger partial charge in [-0.25, -0.2) is 8.42 Å². The van der Waals surface area contributed by atoms with Crippen molar-refractivity contribution >= 4 is 21.4 Å². The van der Waals surface area contributed by atoms with E-state index in [9.17, 15) is 13.2 Å². The van der Waals surface area contributed by atoms with E-state index >= 15 is 0 Å². The fourth-order valence-electron chi connectivity index (χ4n) is 2.67. The van der Waals surface area contributed by atoms with Gasteiger partial charge in [0, 0.05) is 12.2 Å². The molecule has 1 saturated carbocycles. The fourth-order valence-corrected chi connectivity index (χ4v) is 4.60. The van der Waals surface area contributed by atoms with Crippen LogP contribution in [0.4, 0.5) is 5.69 Å². The monoisotopic (exact) mass is 310 g/mol. The summed E-state index contributed by atoms with van der Waals surface area (Å²) in [4.78, 5) is 12.2. The molecular formula is C15H22N2O3S. The Kier molecular flexibility index (Phi) is 5.00. The summed E-state index contributed by atoms with van der Waals surface area (Å²) in [5.41, 5.74) is 7.02. The summed E-state index contributed by atoms with van der Waals surface area (Å²) in [5.74, 6) is -0.476. The molecule has 1 aliphatic rings. The summed E-state index contributed by atoms with van der Waals surface area (Å²) in [6.45, 7) is 1.84. The number of sulfone groups is 1. The van der Waals surface area contributed by atoms with E-state index in [2.05, 4.69) is 5.32 Å². The van der Waals surface area contributed by atoms with Crippen molar-refractivity contribution in [1.29, 1.82) is 0 Å². The SMILES string of the molecule is CC(C(=O)Nc1cccc(CN)c1)S(=O)(=O)C1CCCC1. The minimum Gasteiger partial charge on any atom is -0.326 e. The number of amides is 1. The molecular weight excluding hydrogens is 288 g/mol. The van der Waals surface area contributed by atoms with E-state index < -0.39 is 21.0 Å². The summed E-state index contributed by atoms with van der Waals surface area (Å²) >= 11 is 0. The lowest BCUT2D eigenvalue weighted by atomic mass is 10.2. The molecule has 116 valence electrons. The van der Waals surface area contributed by atoms with Gasteiger partial charge in [0.2, 0.25) is 5.91 Å². The highest BCUT2D eigenvalue weighted by atomic mass is 32.2. The number of anilines is 1. The van der Waals surface area contributed by atoms with Gasteiger partial charge < -0.3 is 11.1 Å². The summed E-state index contributed by atoms with van der Waals surface area (Å²) in [5, 5.41) is 1.28. The van der Waals surface area contributed by atoms with Crippen LogP contribution in [0.15, 0.2) is 24.3 Å². The predicted octanol–water partition coefficient (Wildman–Crippen LogP) is 1.83. The Morgan fingerprint density at radius 3 is 2.67 bits per heavy atom. The van der Waals surface area contributed by atoms with E-state index in [4.69, 9.17) is 5.73 Å². The standard InChI is InChI=1S/C15H22N2O3S/c1-11(21(19,20)14-7-2-3-8-14)15(18)17-13-6-4-5-12(9-13)10-16/h4-6,9,11,14H,2-3,7-8,10,16H2,1H3,(H,17,18). The zero-order valence-electron chi connectivity index (χ0n) is 12.2. The van der Waals surface area contributed by atoms with E-state index in [1.165, 1.54) is 6.92 Å². The molecule has 0 heterocycles. The largest absolute Gasteiger partial charge is 0.326 e. The molecule has 0 saturated heterocycles. The molecule has 1 aromatic carbocycles. The zero-order chi connectivity index (χ0) is 15.5. The van der Waals surface area contributed by atoms with Crippen LogP contribution in [0, 0.1) is 0 Å². The molecule has 1 aliphatic carbocycles. The van der Waals surface area contributed by atoms with E-state index in [1.807, 2.05) is 6.07 Å². The van der Waals surface area contributed by atoms with Gasteiger partial charge in [-0.15, -0.1) is 0 Å². The second-order valence-corrected chi connectivity index (χ2v) is 8.08. The van der Waals surface area contributed by atoms with Gasteiger partial charge in [-0.1, -0.05) is 25.0 Å². The van der Waals surface area contributed by atoms with Gasteiger partial charge in [0.1, 0.15) is 5.25 Å². The molecule has 1 atom stereocenters. The van der Waals surface area contributed by atoms with Crippen molar-refractivity contribution in [3.8, 4) is 0 Å². The maximum atomic E-state index is 12.4. The highest BCUT2D eigenvalue weighted by molar-refractivity contribution is 7.93. The van der Waals surface area contributed by atoms with Crippen LogP contribution in [0.25, 0.3) is 0 Å². The zero-order valence-corrected chi connectivity index (χ0v) is 13.0. The Morgan fingerprint density at radius 2 is 2.05 bits per heavy atom. The lowest BCUT2D eigenvalue weighted by Gasteiger charge is -2.18. The van der Waals surface area contributed by atoms with Gasteiger partial charge in [-0.3, -0.25) is 4.79 Å². The first kappa shape index (κ1) is 16.0. The van der Waals surface area contributed by atoms with E-state index in [1.54, 1.807) is 18.2 Å². The third kappa shape index (κ3) is 3.63. The number of benzene rings is 1. The van der Waals surface area contributed by atoms with Crippen LogP contribution in [-0.4, -0.2) is 24.8 Å². The highest BCUT2D eigenvalue weighted by Gasteiger charge is 2.37. The van der Waals surface area contributed by atoms with Gasteiger partial charge in [-0.05, 0) is 37.5 Å². The quantitative estimate of drug-likeness (QED) is 0.868. The van der Waals surface area contributed by atoms with Crippen molar-refractivity contribution in [2.24, 2.45) is 5.73 Å². The number of nitrogens with two attached hydrogens (primary N) is 1. The van der Waals surface area contributed by atoms with Crippen molar-refractivity contribution in [2.45, 2.75) is 49.7 Å². The lowest BCUT2D eigenvalue weighted by molar-refractivity contribution is -0.115. The second-order valence-electron chi connectivity index (χ2n) is 5.53. The van der Waals surface area contributed by atoms with Crippen molar-refractivity contribution in [1.82, 2.24) is 0 Å². The van der Waals surface area contributed by atoms with Gasteiger partial charge >= 0.3 is 0 Å². The highest BCUT2D eigenvalue weighted by Crippen LogP contribution is 2.27. The molecule has 0 radical (unpaired) electrons. The minimum atomic E-state index is -3.41. The lowest BCUT2D eigenvalue weighted by Crippen LogP contribution is -2.37. The molecule has 2 rings (SSSR count). The molecule has 0 bridgehead atoms. The van der Waals surface area contributed by atoms with E-state index in [0.29, 0.717) is 25.1 Å². The molecule has 3 N–H and O–H groups in total. The van der Waals surface area contributed by atoms with Crippen LogP contribution in [0.1, 0.15) is 38.2 Å². The van der Waals surface area contributed by atoms with Crippen LogP contribution in [-0.2, 0) is 21.2 Å². The third-order valence-electron chi connectivity index (χ3n) is 4.06. The Balaban J connectivity index is 2.08. The molecule has 0 spiro atoms. The van der Waals surface area contributed by atoms with Crippen LogP contribution in [0.5, 0.6) is 0 Å². The Hall–Kier alpha value is -1.40. The maximum Gasteiger partial charge on any atom is 0.242 e. The fraction of sp³-hybridized carbons (Fsp3) is 0.533. The summed E-state index contributed by atoms with van der Waals surface area (Å²) < 4.78 is 24.8. The average molecular weight is 310 g/mol. The van der Waals surface area contributed by atoms with Crippen molar-refractivity contribution in [3.63, 3.8) is 0 Å². The number of carbonyl (C=O) groups excluding carboxylic acids is 1. The average Bonchev–Trinajstić information content (AvgIpc) is 3.01. The first-order chi connectivity index (χ1) is 9.95. The van der Waals surface area contributed by atoms with Crippen molar-refractivity contribution in [2.75, 3.05) is 5.32 Å². The van der Waals surface area contributed by atoms with Crippen LogP contribution in [0.2, 0.25) is 0 Å². The maximum absolute atomic E-state index is 12.4. The van der Waals surface area contributed by atoms with Crippen LogP contribution >= 0.6 is 0 Å². The number of nitrogens with one attached hydrogen (secondary N) is 1. The smallest absolute Gasteiger partial charge is 0.242 e. The molecule has 6 heteroatoms. The predicted molar refractivity (Wildman–Crippen MR) is 83.6 cm³/mol. The van der Waals surface area contributed by atoms with Gasteiger partial charge in [0.15, 0.2) is 9.84 Å². The summed E-state index contributed by atoms with van der Waals surface area (Å²) in [6, 6.07) is 7.13. The van der Waals surface area contributed by atoms with Crippen molar-refractivity contribution in [3.05, 3.63) is 29.8 Å². The summed E-state index contributed by atoms with van der Waals surface area (Å²) in [6.07, 6.45) is 3.19. The van der Waals surface area contributed by atoms with Crippen molar-refractivity contribution < 1.29 is 13.2 Å². The van der Waals surface area contributed by atoms with Crippen LogP contribution < -0.4 is 11.1 Å². The summed E-state index contributed by atoms with van der Waals surface area (Å²) in [7, 11) is -3.41. The minimum absolute atomic E-state index is 0.367. The first-order valence-electron chi connectivity index (χ1n) is 7.27. The normalized spacial score (nSPS) is 17.6. The number of rotatable bonds is 5. The number of hydrogen-bond acceptors (Lipinski definition) is 4. The number of carbonyl (C=O) groups is 1. The molecule has 1 aromatic rings. The topological polar surface area (TPSA) is 89.3 Å². The molecule has 1 amide bonds. The first-order valence-corrected chi connectivity index (χ1v) is 8.88. The molecule has 1 fully saturated rings. The van der Waals surface area contributed by atoms with E-state index in [-0.39, 0.29) is 5.25 Å². The third-order valence-corrected chi connectivity index (χ3v) is 6.66.